The predicted octanol–water partition coefficient (Wildman–Crippen LogP) is 4.33. The van der Waals surface area contributed by atoms with Crippen LogP contribution >= 0.6 is 0 Å². The van der Waals surface area contributed by atoms with Gasteiger partial charge in [0.1, 0.15) is 24.0 Å². The lowest BCUT2D eigenvalue weighted by Crippen LogP contribution is -2.47. The highest BCUT2D eigenvalue weighted by Gasteiger charge is 2.30. The van der Waals surface area contributed by atoms with Gasteiger partial charge in [-0.3, -0.25) is 9.67 Å². The van der Waals surface area contributed by atoms with Gasteiger partial charge in [-0.15, -0.1) is 0 Å². The van der Waals surface area contributed by atoms with E-state index in [1.54, 1.807) is 35.1 Å². The van der Waals surface area contributed by atoms with Gasteiger partial charge in [-0.05, 0) is 55.3 Å². The summed E-state index contributed by atoms with van der Waals surface area (Å²) >= 11 is 0. The minimum absolute atomic E-state index is 0.0278. The third kappa shape index (κ3) is 3.50. The highest BCUT2D eigenvalue weighted by molar-refractivity contribution is 5.99. The van der Waals surface area contributed by atoms with Gasteiger partial charge in [-0.1, -0.05) is 0 Å². The van der Waals surface area contributed by atoms with Crippen molar-refractivity contribution in [2.24, 2.45) is 12.8 Å². The average Bonchev–Trinajstić information content (AvgIpc) is 3.29. The minimum Gasteiger partial charge on any atom is -0.488 e. The lowest BCUT2D eigenvalue weighted by Gasteiger charge is -2.34. The fraction of sp³-hybridized carbons (Fsp3) is 0.200. The average molecular weight is 455 g/mol. The van der Waals surface area contributed by atoms with Crippen LogP contribution in [0.4, 0.5) is 15.9 Å². The summed E-state index contributed by atoms with van der Waals surface area (Å²) in [4.78, 5) is 13.1. The maximum absolute atomic E-state index is 15.3. The monoisotopic (exact) mass is 455 g/mol. The maximum atomic E-state index is 15.3. The lowest BCUT2D eigenvalue weighted by atomic mass is 9.90. The van der Waals surface area contributed by atoms with Gasteiger partial charge in [-0.25, -0.2) is 14.4 Å². The Bertz CT molecular complexity index is 1530. The van der Waals surface area contributed by atoms with Gasteiger partial charge in [0, 0.05) is 36.4 Å². The van der Waals surface area contributed by atoms with Gasteiger partial charge >= 0.3 is 0 Å². The van der Waals surface area contributed by atoms with Crippen molar-refractivity contribution >= 4 is 33.3 Å². The number of anilines is 2. The Kier molecular flexibility index (Phi) is 4.84. The predicted molar refractivity (Wildman–Crippen MR) is 128 cm³/mol. The molecular formula is C25H22FN7O. The molecule has 9 heteroatoms. The van der Waals surface area contributed by atoms with Crippen LogP contribution in [0, 0.1) is 5.82 Å². The highest BCUT2D eigenvalue weighted by Crippen LogP contribution is 2.38. The molecule has 8 nitrogen and oxygen atoms in total. The first-order valence-corrected chi connectivity index (χ1v) is 11.1. The molecule has 5 aromatic rings. The molecule has 1 saturated carbocycles. The second kappa shape index (κ2) is 8.03. The van der Waals surface area contributed by atoms with E-state index >= 15 is 4.39 Å². The van der Waals surface area contributed by atoms with Crippen LogP contribution in [-0.2, 0) is 7.05 Å². The number of pyridine rings is 1. The number of rotatable bonds is 5. The number of halogens is 1. The number of hydrogen-bond acceptors (Lipinski definition) is 7. The fourth-order valence-electron chi connectivity index (χ4n) is 4.20. The Hall–Kier alpha value is -4.11. The van der Waals surface area contributed by atoms with Crippen molar-refractivity contribution in [2.45, 2.75) is 25.0 Å². The minimum atomic E-state index is -0.397. The number of benzene rings is 2. The quantitative estimate of drug-likeness (QED) is 0.406. The Balaban J connectivity index is 1.49. The first-order valence-electron chi connectivity index (χ1n) is 11.1. The number of nitrogens with one attached hydrogen (secondary N) is 1. The second-order valence-electron chi connectivity index (χ2n) is 8.49. The Morgan fingerprint density at radius 2 is 2.00 bits per heavy atom. The molecular weight excluding hydrogens is 433 g/mol. The molecule has 2 aromatic carbocycles. The summed E-state index contributed by atoms with van der Waals surface area (Å²) in [7, 11) is 1.87. The fourth-order valence-corrected chi connectivity index (χ4v) is 4.20. The Labute approximate surface area is 194 Å². The number of nitrogens with zero attached hydrogens (tertiary/aromatic N) is 5. The molecule has 2 unspecified atom stereocenters. The molecule has 1 fully saturated rings. The number of fused-ring (bicyclic) bond motifs is 2. The van der Waals surface area contributed by atoms with Crippen LogP contribution < -0.4 is 15.8 Å². The molecule has 2 atom stereocenters. The summed E-state index contributed by atoms with van der Waals surface area (Å²) in [5.41, 5.74) is 9.36. The number of aromatic nitrogens is 5. The van der Waals surface area contributed by atoms with Gasteiger partial charge in [-0.2, -0.15) is 5.10 Å². The topological polar surface area (TPSA) is 104 Å². The van der Waals surface area contributed by atoms with Crippen molar-refractivity contribution in [3.8, 4) is 17.0 Å². The van der Waals surface area contributed by atoms with Crippen LogP contribution in [0.15, 0.2) is 61.2 Å². The zero-order valence-electron chi connectivity index (χ0n) is 18.4. The van der Waals surface area contributed by atoms with Crippen molar-refractivity contribution in [1.29, 1.82) is 0 Å². The molecule has 3 aromatic heterocycles. The summed E-state index contributed by atoms with van der Waals surface area (Å²) in [5, 5.41) is 8.75. The normalized spacial score (nSPS) is 17.6. The number of nitrogens with two attached hydrogens (primary N) is 1. The molecule has 0 bridgehead atoms. The SMILES string of the molecule is Cn1ccc(-c2cc(OC3CCC3N)c3c(Nc4ccc5ncccc5c4F)ncnc3c2)n1. The molecule has 170 valence electrons. The molecule has 34 heavy (non-hydrogen) atoms. The maximum Gasteiger partial charge on any atom is 0.156 e. The molecule has 1 aliphatic carbocycles. The van der Waals surface area contributed by atoms with E-state index in [0.29, 0.717) is 39.1 Å². The summed E-state index contributed by atoms with van der Waals surface area (Å²) in [6, 6.07) is 12.6. The van der Waals surface area contributed by atoms with E-state index in [1.165, 1.54) is 6.33 Å². The van der Waals surface area contributed by atoms with E-state index in [1.807, 2.05) is 31.4 Å². The Morgan fingerprint density at radius 1 is 1.09 bits per heavy atom. The zero-order chi connectivity index (χ0) is 23.2. The van der Waals surface area contributed by atoms with Crippen molar-refractivity contribution in [3.05, 3.63) is 67.0 Å². The first-order chi connectivity index (χ1) is 16.6. The number of aryl methyl sites for hydroxylation is 1. The van der Waals surface area contributed by atoms with Crippen LogP contribution in [0.2, 0.25) is 0 Å². The molecule has 1 aliphatic rings. The van der Waals surface area contributed by atoms with Gasteiger partial charge in [0.05, 0.1) is 27.8 Å². The van der Waals surface area contributed by atoms with Crippen LogP contribution in [0.3, 0.4) is 0 Å². The van der Waals surface area contributed by atoms with Crippen molar-refractivity contribution < 1.29 is 9.13 Å². The zero-order valence-corrected chi connectivity index (χ0v) is 18.4. The van der Waals surface area contributed by atoms with Crippen LogP contribution in [0.25, 0.3) is 33.1 Å². The Morgan fingerprint density at radius 3 is 2.76 bits per heavy atom. The largest absolute Gasteiger partial charge is 0.488 e. The van der Waals surface area contributed by atoms with Crippen molar-refractivity contribution in [3.63, 3.8) is 0 Å². The molecule has 3 N–H and O–H groups in total. The second-order valence-corrected chi connectivity index (χ2v) is 8.49. The van der Waals surface area contributed by atoms with Gasteiger partial charge in [0.15, 0.2) is 5.82 Å². The number of hydrogen-bond donors (Lipinski definition) is 2. The number of ether oxygens (including phenoxy) is 1. The third-order valence-electron chi connectivity index (χ3n) is 6.22. The smallest absolute Gasteiger partial charge is 0.156 e. The molecule has 6 rings (SSSR count). The summed E-state index contributed by atoms with van der Waals surface area (Å²) < 4.78 is 23.3. The molecule has 3 heterocycles. The summed E-state index contributed by atoms with van der Waals surface area (Å²) in [5.74, 6) is 0.637. The van der Waals surface area contributed by atoms with Crippen molar-refractivity contribution in [1.82, 2.24) is 24.7 Å². The first kappa shape index (κ1) is 20.5. The molecule has 0 saturated heterocycles. The third-order valence-corrected chi connectivity index (χ3v) is 6.22. The van der Waals surface area contributed by atoms with E-state index in [0.717, 1.165) is 24.1 Å². The van der Waals surface area contributed by atoms with Crippen LogP contribution in [-0.4, -0.2) is 36.9 Å². The van der Waals surface area contributed by atoms with Crippen LogP contribution in [0.5, 0.6) is 5.75 Å². The van der Waals surface area contributed by atoms with Crippen LogP contribution in [0.1, 0.15) is 12.8 Å². The van der Waals surface area contributed by atoms with Gasteiger partial charge in [0.2, 0.25) is 0 Å². The summed E-state index contributed by atoms with van der Waals surface area (Å²) in [6.07, 6.45) is 6.66. The van der Waals surface area contributed by atoms with E-state index in [-0.39, 0.29) is 12.1 Å². The molecule has 0 spiro atoms. The van der Waals surface area contributed by atoms with E-state index in [2.05, 4.69) is 25.4 Å². The molecule has 0 radical (unpaired) electrons. The van der Waals surface area contributed by atoms with E-state index < -0.39 is 5.82 Å². The summed E-state index contributed by atoms with van der Waals surface area (Å²) in [6.45, 7) is 0. The van der Waals surface area contributed by atoms with Crippen molar-refractivity contribution in [2.75, 3.05) is 5.32 Å². The van der Waals surface area contributed by atoms with Gasteiger partial charge < -0.3 is 15.8 Å². The van der Waals surface area contributed by atoms with Gasteiger partial charge in [0.25, 0.3) is 0 Å². The van der Waals surface area contributed by atoms with E-state index in [9.17, 15) is 0 Å². The van der Waals surface area contributed by atoms with E-state index in [4.69, 9.17) is 10.5 Å². The molecule has 0 aliphatic heterocycles. The standard InChI is InChI=1S/C25H22FN7O/c1-33-10-8-17(32-33)14-11-20-23(22(12-14)34-21-7-4-16(21)27)25(30-13-29-20)31-19-6-5-18-15(24(19)26)3-2-9-28-18/h2-3,5-6,8-13,16,21H,4,7,27H2,1H3,(H,29,30,31). The lowest BCUT2D eigenvalue weighted by molar-refractivity contribution is 0.0949. The highest BCUT2D eigenvalue weighted by atomic mass is 19.1. The molecule has 0 amide bonds.